The van der Waals surface area contributed by atoms with Crippen LogP contribution in [0.4, 0.5) is 0 Å². The molecule has 0 saturated carbocycles. The Morgan fingerprint density at radius 1 is 1.86 bits per heavy atom. The van der Waals surface area contributed by atoms with Crippen LogP contribution < -0.4 is 11.1 Å². The van der Waals surface area contributed by atoms with Crippen molar-refractivity contribution in [3.63, 3.8) is 0 Å². The van der Waals surface area contributed by atoms with Gasteiger partial charge in [0.2, 0.25) is 0 Å². The lowest BCUT2D eigenvalue weighted by Gasteiger charge is -2.29. The summed E-state index contributed by atoms with van der Waals surface area (Å²) in [5.41, 5.74) is 6.05. The number of nitrogens with two attached hydrogens (primary N) is 1. The predicted molar refractivity (Wildman–Crippen MR) is 58.1 cm³/mol. The van der Waals surface area contributed by atoms with Crippen LogP contribution >= 0.6 is 11.5 Å². The lowest BCUT2D eigenvalue weighted by molar-refractivity contribution is 0.303. The monoisotopic (exact) mass is 213 g/mol. The molecule has 0 bridgehead atoms. The fraction of sp³-hybridized carbons (Fsp3) is 0.444. The van der Waals surface area contributed by atoms with Gasteiger partial charge in [0, 0.05) is 12.7 Å². The van der Waals surface area contributed by atoms with Gasteiger partial charge in [0.1, 0.15) is 0 Å². The van der Waals surface area contributed by atoms with Crippen molar-refractivity contribution in [1.82, 2.24) is 9.69 Å². The van der Waals surface area contributed by atoms with Gasteiger partial charge in [-0.1, -0.05) is 6.58 Å². The summed E-state index contributed by atoms with van der Waals surface area (Å²) in [5.74, 6) is 0. The minimum absolute atomic E-state index is 0.115. The largest absolute Gasteiger partial charge is 0.392 e. The second kappa shape index (κ2) is 4.65. The molecule has 1 heterocycles. The molecule has 5 heteroatoms. The molecule has 0 saturated heterocycles. The van der Waals surface area contributed by atoms with E-state index in [4.69, 9.17) is 10.8 Å². The summed E-state index contributed by atoms with van der Waals surface area (Å²) < 4.78 is 4.00. The lowest BCUT2D eigenvalue weighted by atomic mass is 9.90. The number of nitrogens with one attached hydrogen (secondary N) is 1. The van der Waals surface area contributed by atoms with Crippen LogP contribution in [0.5, 0.6) is 0 Å². The summed E-state index contributed by atoms with van der Waals surface area (Å²) in [6.07, 6.45) is 1.70. The first-order valence-electron chi connectivity index (χ1n) is 4.29. The summed E-state index contributed by atoms with van der Waals surface area (Å²) in [7, 11) is 1.81. The average Bonchev–Trinajstić information content (AvgIpc) is 2.70. The average molecular weight is 213 g/mol. The molecule has 4 N–H and O–H groups in total. The second-order valence-electron chi connectivity index (χ2n) is 3.14. The molecule has 0 aromatic carbocycles. The highest BCUT2D eigenvalue weighted by atomic mass is 32.1. The number of hydrogen-bond acceptors (Lipinski definition) is 5. The molecular weight excluding hydrogens is 198 g/mol. The van der Waals surface area contributed by atoms with Crippen LogP contribution in [0.3, 0.4) is 0 Å². The Kier molecular flexibility index (Phi) is 3.77. The van der Waals surface area contributed by atoms with Crippen LogP contribution in [0, 0.1) is 0 Å². The Hall–Kier alpha value is -0.750. The fourth-order valence-electron chi connectivity index (χ4n) is 1.25. The molecule has 1 atom stereocenters. The SMILES string of the molecule is C=C(CO)[C@@](N)(CNC)c1ccns1. The van der Waals surface area contributed by atoms with Gasteiger partial charge in [0.05, 0.1) is 17.0 Å². The standard InChI is InChI=1S/C9H15N3OS/c1-7(5-13)9(10,6-11-2)8-3-4-12-14-8/h3-4,11,13H,1,5-6,10H2,2H3/t9-/m0/s1. The van der Waals surface area contributed by atoms with E-state index in [2.05, 4.69) is 16.3 Å². The third-order valence-electron chi connectivity index (χ3n) is 2.15. The number of aliphatic hydroxyl groups is 1. The van der Waals surface area contributed by atoms with Crippen molar-refractivity contribution in [2.75, 3.05) is 20.2 Å². The van der Waals surface area contributed by atoms with Crippen LogP contribution in [0.1, 0.15) is 4.88 Å². The molecule has 4 nitrogen and oxygen atoms in total. The molecule has 0 fully saturated rings. The van der Waals surface area contributed by atoms with Crippen LogP contribution in [-0.4, -0.2) is 29.7 Å². The highest BCUT2D eigenvalue weighted by molar-refractivity contribution is 7.05. The molecule has 14 heavy (non-hydrogen) atoms. The minimum atomic E-state index is -0.718. The summed E-state index contributed by atoms with van der Waals surface area (Å²) in [5, 5.41) is 12.1. The number of aliphatic hydroxyl groups excluding tert-OH is 1. The summed E-state index contributed by atoms with van der Waals surface area (Å²) in [6, 6.07) is 1.85. The third kappa shape index (κ3) is 2.01. The molecule has 1 rings (SSSR count). The first kappa shape index (κ1) is 11.3. The zero-order valence-electron chi connectivity index (χ0n) is 8.16. The molecule has 0 aliphatic rings. The van der Waals surface area contributed by atoms with Gasteiger partial charge >= 0.3 is 0 Å². The Balaban J connectivity index is 2.98. The molecule has 0 aliphatic heterocycles. The van der Waals surface area contributed by atoms with Crippen LogP contribution in [0.15, 0.2) is 24.4 Å². The fourth-order valence-corrected chi connectivity index (χ4v) is 1.99. The number of rotatable bonds is 5. The highest BCUT2D eigenvalue weighted by Gasteiger charge is 2.31. The second-order valence-corrected chi connectivity index (χ2v) is 3.97. The lowest BCUT2D eigenvalue weighted by Crippen LogP contribution is -2.46. The molecule has 0 spiro atoms. The smallest absolute Gasteiger partial charge is 0.0880 e. The van der Waals surface area contributed by atoms with E-state index >= 15 is 0 Å². The van der Waals surface area contributed by atoms with Gasteiger partial charge in [0.15, 0.2) is 0 Å². The van der Waals surface area contributed by atoms with Crippen molar-refractivity contribution >= 4 is 11.5 Å². The maximum absolute atomic E-state index is 9.07. The molecule has 0 radical (unpaired) electrons. The number of likely N-dealkylation sites (N-methyl/N-ethyl adjacent to an activating group) is 1. The summed E-state index contributed by atoms with van der Waals surface area (Å²) in [6.45, 7) is 4.21. The molecule has 0 amide bonds. The van der Waals surface area contributed by atoms with Gasteiger partial charge in [-0.2, -0.15) is 0 Å². The van der Waals surface area contributed by atoms with Crippen molar-refractivity contribution in [2.24, 2.45) is 5.73 Å². The first-order valence-corrected chi connectivity index (χ1v) is 5.06. The molecule has 1 aromatic rings. The van der Waals surface area contributed by atoms with Gasteiger partial charge in [-0.3, -0.25) is 0 Å². The van der Waals surface area contributed by atoms with E-state index in [1.807, 2.05) is 13.1 Å². The zero-order chi connectivity index (χ0) is 10.6. The quantitative estimate of drug-likeness (QED) is 0.605. The number of hydrogen-bond donors (Lipinski definition) is 3. The van der Waals surface area contributed by atoms with E-state index in [9.17, 15) is 0 Å². The molecule has 0 unspecified atom stereocenters. The molecule has 0 aliphatic carbocycles. The Labute approximate surface area is 87.6 Å². The number of aromatic nitrogens is 1. The van der Waals surface area contributed by atoms with Crippen molar-refractivity contribution in [2.45, 2.75) is 5.54 Å². The van der Waals surface area contributed by atoms with Gasteiger partial charge in [0.25, 0.3) is 0 Å². The Morgan fingerprint density at radius 3 is 3.00 bits per heavy atom. The molecule has 1 aromatic heterocycles. The Morgan fingerprint density at radius 2 is 2.57 bits per heavy atom. The normalized spacial score (nSPS) is 15.1. The topological polar surface area (TPSA) is 71.2 Å². The summed E-state index contributed by atoms with van der Waals surface area (Å²) in [4.78, 5) is 0.908. The van der Waals surface area contributed by atoms with Crippen LogP contribution in [0.2, 0.25) is 0 Å². The van der Waals surface area contributed by atoms with E-state index < -0.39 is 5.54 Å². The van der Waals surface area contributed by atoms with E-state index in [-0.39, 0.29) is 6.61 Å². The van der Waals surface area contributed by atoms with E-state index in [0.717, 1.165) is 4.88 Å². The molecular formula is C9H15N3OS. The van der Waals surface area contributed by atoms with Crippen molar-refractivity contribution < 1.29 is 5.11 Å². The van der Waals surface area contributed by atoms with E-state index in [0.29, 0.717) is 12.1 Å². The van der Waals surface area contributed by atoms with Gasteiger partial charge in [-0.15, -0.1) is 0 Å². The van der Waals surface area contributed by atoms with Gasteiger partial charge < -0.3 is 16.2 Å². The van der Waals surface area contributed by atoms with Crippen molar-refractivity contribution in [3.05, 3.63) is 29.3 Å². The molecule has 78 valence electrons. The summed E-state index contributed by atoms with van der Waals surface area (Å²) >= 11 is 1.33. The maximum atomic E-state index is 9.07. The first-order chi connectivity index (χ1) is 6.65. The van der Waals surface area contributed by atoms with E-state index in [1.165, 1.54) is 11.5 Å². The maximum Gasteiger partial charge on any atom is 0.0880 e. The Bertz CT molecular complexity index is 299. The van der Waals surface area contributed by atoms with Gasteiger partial charge in [-0.05, 0) is 30.2 Å². The van der Waals surface area contributed by atoms with E-state index in [1.54, 1.807) is 6.20 Å². The van der Waals surface area contributed by atoms with Crippen LogP contribution in [-0.2, 0) is 5.54 Å². The van der Waals surface area contributed by atoms with Crippen molar-refractivity contribution in [1.29, 1.82) is 0 Å². The third-order valence-corrected chi connectivity index (χ3v) is 3.08. The minimum Gasteiger partial charge on any atom is -0.392 e. The van der Waals surface area contributed by atoms with Crippen molar-refractivity contribution in [3.8, 4) is 0 Å². The zero-order valence-corrected chi connectivity index (χ0v) is 8.97. The predicted octanol–water partition coefficient (Wildman–Crippen LogP) is 0.0650. The number of nitrogens with zero attached hydrogens (tertiary/aromatic N) is 1. The highest BCUT2D eigenvalue weighted by Crippen LogP contribution is 2.27. The van der Waals surface area contributed by atoms with Gasteiger partial charge in [-0.25, -0.2) is 4.37 Å². The van der Waals surface area contributed by atoms with Crippen LogP contribution in [0.25, 0.3) is 0 Å².